The van der Waals surface area contributed by atoms with Crippen LogP contribution in [0.2, 0.25) is 0 Å². The fraction of sp³-hybridized carbons (Fsp3) is 0.550. The molecule has 2 heterocycles. The van der Waals surface area contributed by atoms with Crippen molar-refractivity contribution in [2.24, 2.45) is 5.92 Å². The summed E-state index contributed by atoms with van der Waals surface area (Å²) in [5, 5.41) is 16.3. The molecule has 7 nitrogen and oxygen atoms in total. The predicted molar refractivity (Wildman–Crippen MR) is 96.6 cm³/mol. The monoisotopic (exact) mass is 394 g/mol. The van der Waals surface area contributed by atoms with Crippen molar-refractivity contribution in [2.75, 3.05) is 26.2 Å². The maximum Gasteiger partial charge on any atom is 0.351 e. The van der Waals surface area contributed by atoms with Crippen LogP contribution in [-0.2, 0) is 20.9 Å². The van der Waals surface area contributed by atoms with Crippen molar-refractivity contribution in [3.63, 3.8) is 0 Å². The van der Waals surface area contributed by atoms with E-state index in [9.17, 15) is 9.18 Å². The highest BCUT2D eigenvalue weighted by atomic mass is 19.1. The predicted octanol–water partition coefficient (Wildman–Crippen LogP) is -0.546. The van der Waals surface area contributed by atoms with E-state index in [1.807, 2.05) is 12.1 Å². The lowest BCUT2D eigenvalue weighted by Gasteiger charge is -2.34. The van der Waals surface area contributed by atoms with Gasteiger partial charge in [0.05, 0.1) is 19.0 Å². The number of piperidine rings is 2. The minimum atomic E-state index is -2.07. The third-order valence-corrected chi connectivity index (χ3v) is 5.21. The van der Waals surface area contributed by atoms with E-state index in [0.29, 0.717) is 12.5 Å². The molecule has 2 aliphatic rings. The van der Waals surface area contributed by atoms with Crippen LogP contribution in [0.5, 0.6) is 0 Å². The molecule has 0 spiro atoms. The van der Waals surface area contributed by atoms with Gasteiger partial charge in [-0.1, -0.05) is 18.2 Å². The van der Waals surface area contributed by atoms with E-state index >= 15 is 0 Å². The van der Waals surface area contributed by atoms with Gasteiger partial charge in [-0.3, -0.25) is 4.79 Å². The van der Waals surface area contributed by atoms with Gasteiger partial charge in [-0.15, -0.1) is 0 Å². The maximum absolute atomic E-state index is 13.8. The van der Waals surface area contributed by atoms with Gasteiger partial charge in [0.2, 0.25) is 5.91 Å². The minimum Gasteiger partial charge on any atom is -0.539 e. The summed E-state index contributed by atoms with van der Waals surface area (Å²) in [6.07, 6.45) is 5.59. The van der Waals surface area contributed by atoms with Gasteiger partial charge in [0.1, 0.15) is 12.4 Å². The van der Waals surface area contributed by atoms with Crippen molar-refractivity contribution in [2.45, 2.75) is 38.6 Å². The number of aliphatic carboxylic acids is 2. The van der Waals surface area contributed by atoms with Crippen LogP contribution < -0.4 is 10.0 Å². The van der Waals surface area contributed by atoms with Crippen LogP contribution in [0.15, 0.2) is 24.3 Å². The van der Waals surface area contributed by atoms with Crippen molar-refractivity contribution in [1.29, 1.82) is 0 Å². The van der Waals surface area contributed by atoms with Crippen LogP contribution in [0.1, 0.15) is 37.7 Å². The lowest BCUT2D eigenvalue weighted by Crippen LogP contribution is -3.12. The Morgan fingerprint density at radius 3 is 2.39 bits per heavy atom. The van der Waals surface area contributed by atoms with Crippen molar-refractivity contribution < 1.29 is 33.9 Å². The number of carbonyl (C=O) groups is 3. The molecule has 0 radical (unpaired) electrons. The summed E-state index contributed by atoms with van der Waals surface area (Å²) in [4.78, 5) is 34.1. The highest BCUT2D eigenvalue weighted by Gasteiger charge is 2.32. The molecule has 1 aromatic carbocycles. The summed E-state index contributed by atoms with van der Waals surface area (Å²) >= 11 is 0. The third-order valence-electron chi connectivity index (χ3n) is 5.21. The number of halogens is 1. The molecule has 28 heavy (non-hydrogen) atoms. The Morgan fingerprint density at radius 1 is 1.14 bits per heavy atom. The van der Waals surface area contributed by atoms with Crippen LogP contribution >= 0.6 is 0 Å². The quantitative estimate of drug-likeness (QED) is 0.670. The summed E-state index contributed by atoms with van der Waals surface area (Å²) in [6.45, 7) is 4.44. The van der Waals surface area contributed by atoms with E-state index in [1.54, 1.807) is 6.07 Å². The SMILES string of the molecule is O=C(C1CCC[NH+](Cc2ccccc2F)C1)N1CCCCC1.O=C([O-])C(=O)O. The number of likely N-dealkylation sites (tertiary alicyclic amines) is 2. The van der Waals surface area contributed by atoms with Crippen LogP contribution in [-0.4, -0.2) is 54.0 Å². The zero-order chi connectivity index (χ0) is 20.5. The first-order valence-electron chi connectivity index (χ1n) is 9.68. The number of hydrogen-bond acceptors (Lipinski definition) is 4. The molecule has 0 bridgehead atoms. The van der Waals surface area contributed by atoms with Gasteiger partial charge in [0.15, 0.2) is 5.97 Å². The second kappa shape index (κ2) is 10.8. The van der Waals surface area contributed by atoms with E-state index in [2.05, 4.69) is 4.90 Å². The van der Waals surface area contributed by atoms with Gasteiger partial charge >= 0.3 is 5.97 Å². The summed E-state index contributed by atoms with van der Waals surface area (Å²) in [5.41, 5.74) is 0.767. The topological polar surface area (TPSA) is 102 Å². The number of rotatable bonds is 3. The second-order valence-corrected chi connectivity index (χ2v) is 7.29. The van der Waals surface area contributed by atoms with Crippen molar-refractivity contribution in [3.05, 3.63) is 35.6 Å². The number of carboxylic acids is 2. The van der Waals surface area contributed by atoms with E-state index in [0.717, 1.165) is 57.4 Å². The molecule has 0 aromatic heterocycles. The second-order valence-electron chi connectivity index (χ2n) is 7.29. The van der Waals surface area contributed by atoms with Crippen molar-refractivity contribution in [3.8, 4) is 0 Å². The zero-order valence-electron chi connectivity index (χ0n) is 15.9. The maximum atomic E-state index is 13.8. The standard InChI is InChI=1S/C18H25FN2O.C2H2O4/c19-17-9-3-2-7-15(17)13-20-10-6-8-16(14-20)18(22)21-11-4-1-5-12-21;3-1(4)2(5)6/h2-3,7,9,16H,1,4-6,8,10-14H2;(H,3,4)(H,5,6). The molecule has 2 atom stereocenters. The molecular formula is C20H27FN2O5. The van der Waals surface area contributed by atoms with Gasteiger partial charge in [-0.05, 0) is 38.2 Å². The summed E-state index contributed by atoms with van der Waals surface area (Å²) in [7, 11) is 0. The fourth-order valence-corrected chi connectivity index (χ4v) is 3.81. The Morgan fingerprint density at radius 2 is 1.79 bits per heavy atom. The van der Waals surface area contributed by atoms with E-state index in [1.165, 1.54) is 17.4 Å². The smallest absolute Gasteiger partial charge is 0.351 e. The first-order chi connectivity index (χ1) is 13.4. The third kappa shape index (κ3) is 6.60. The number of carbonyl (C=O) groups excluding carboxylic acids is 2. The number of hydrogen-bond donors (Lipinski definition) is 2. The molecule has 2 saturated heterocycles. The number of nitrogens with zero attached hydrogens (tertiary/aromatic N) is 1. The molecule has 2 unspecified atom stereocenters. The van der Waals surface area contributed by atoms with E-state index in [-0.39, 0.29) is 11.7 Å². The molecule has 1 aromatic rings. The Balaban J connectivity index is 0.000000409. The number of benzene rings is 1. The molecule has 154 valence electrons. The normalized spacial score (nSPS) is 22.0. The minimum absolute atomic E-state index is 0.125. The highest BCUT2D eigenvalue weighted by Crippen LogP contribution is 2.16. The summed E-state index contributed by atoms with van der Waals surface area (Å²) in [6, 6.07) is 7.00. The number of amides is 1. The first-order valence-corrected chi connectivity index (χ1v) is 9.68. The number of nitrogens with one attached hydrogen (secondary N) is 1. The van der Waals surface area contributed by atoms with Crippen LogP contribution in [0, 0.1) is 11.7 Å². The Kier molecular flexibility index (Phi) is 8.38. The molecule has 8 heteroatoms. The van der Waals surface area contributed by atoms with Crippen LogP contribution in [0.4, 0.5) is 4.39 Å². The first kappa shape index (κ1) is 21.8. The average molecular weight is 394 g/mol. The van der Waals surface area contributed by atoms with Crippen molar-refractivity contribution in [1.82, 2.24) is 4.90 Å². The molecule has 2 fully saturated rings. The fourth-order valence-electron chi connectivity index (χ4n) is 3.81. The molecule has 2 aliphatic heterocycles. The molecule has 1 amide bonds. The van der Waals surface area contributed by atoms with Gasteiger partial charge < -0.3 is 24.8 Å². The summed E-state index contributed by atoms with van der Waals surface area (Å²) in [5.74, 6) is -3.66. The molecule has 0 aliphatic carbocycles. The van der Waals surface area contributed by atoms with Crippen LogP contribution in [0.25, 0.3) is 0 Å². The van der Waals surface area contributed by atoms with Gasteiger partial charge in [0, 0.05) is 18.7 Å². The number of carboxylic acid groups (broad SMARTS) is 2. The van der Waals surface area contributed by atoms with Gasteiger partial charge in [-0.2, -0.15) is 0 Å². The lowest BCUT2D eigenvalue weighted by atomic mass is 9.95. The molecule has 3 rings (SSSR count). The van der Waals surface area contributed by atoms with Crippen LogP contribution in [0.3, 0.4) is 0 Å². The average Bonchev–Trinajstić information content (AvgIpc) is 2.70. The lowest BCUT2D eigenvalue weighted by molar-refractivity contribution is -0.921. The molecule has 0 saturated carbocycles. The Bertz CT molecular complexity index is 679. The van der Waals surface area contributed by atoms with Gasteiger partial charge in [0.25, 0.3) is 0 Å². The zero-order valence-corrected chi connectivity index (χ0v) is 15.9. The van der Waals surface area contributed by atoms with E-state index in [4.69, 9.17) is 19.8 Å². The highest BCUT2D eigenvalue weighted by molar-refractivity contribution is 6.26. The largest absolute Gasteiger partial charge is 0.539 e. The summed E-state index contributed by atoms with van der Waals surface area (Å²) < 4.78 is 13.8. The molecular weight excluding hydrogens is 367 g/mol. The molecule has 2 N–H and O–H groups in total. The Hall–Kier alpha value is -2.48. The Labute approximate surface area is 163 Å². The van der Waals surface area contributed by atoms with Gasteiger partial charge in [-0.25, -0.2) is 9.18 Å². The van der Waals surface area contributed by atoms with E-state index < -0.39 is 11.9 Å². The number of quaternary nitrogens is 1. The van der Waals surface area contributed by atoms with Crippen molar-refractivity contribution >= 4 is 17.8 Å².